The minimum absolute atomic E-state index is 0.00736. The Morgan fingerprint density at radius 1 is 1.22 bits per heavy atom. The van der Waals surface area contributed by atoms with Gasteiger partial charge in [-0.25, -0.2) is 0 Å². The molecule has 0 atom stereocenters. The molecule has 0 saturated carbocycles. The first-order valence-corrected chi connectivity index (χ1v) is 6.54. The second-order valence-electron chi connectivity index (χ2n) is 5.77. The molecule has 0 aromatic rings. The Morgan fingerprint density at radius 2 is 1.67 bits per heavy atom. The SMILES string of the molecule is CCCC(CCC)(C(=O)NC(C)(C)C)/C(N)=N/O. The van der Waals surface area contributed by atoms with E-state index >= 15 is 0 Å². The van der Waals surface area contributed by atoms with Crippen LogP contribution in [0, 0.1) is 5.41 Å². The van der Waals surface area contributed by atoms with Gasteiger partial charge in [0.25, 0.3) is 0 Å². The Bertz CT molecular complexity index is 300. The highest BCUT2D eigenvalue weighted by Crippen LogP contribution is 2.31. The number of carbonyl (C=O) groups excluding carboxylic acids is 1. The maximum Gasteiger partial charge on any atom is 0.234 e. The van der Waals surface area contributed by atoms with Crippen LogP contribution in [0.3, 0.4) is 0 Å². The van der Waals surface area contributed by atoms with Crippen LogP contribution in [0.25, 0.3) is 0 Å². The van der Waals surface area contributed by atoms with Crippen molar-refractivity contribution in [2.75, 3.05) is 0 Å². The lowest BCUT2D eigenvalue weighted by molar-refractivity contribution is -0.129. The van der Waals surface area contributed by atoms with Crippen LogP contribution in [0.4, 0.5) is 0 Å². The summed E-state index contributed by atoms with van der Waals surface area (Å²) < 4.78 is 0. The maximum atomic E-state index is 12.5. The van der Waals surface area contributed by atoms with Crippen molar-refractivity contribution in [2.45, 2.75) is 65.8 Å². The Labute approximate surface area is 110 Å². The number of amidine groups is 1. The van der Waals surface area contributed by atoms with E-state index in [9.17, 15) is 4.79 Å². The molecule has 0 aromatic heterocycles. The topological polar surface area (TPSA) is 87.7 Å². The molecule has 0 aromatic carbocycles. The lowest BCUT2D eigenvalue weighted by Crippen LogP contribution is -2.54. The van der Waals surface area contributed by atoms with Crippen molar-refractivity contribution < 1.29 is 10.0 Å². The third-order valence-electron chi connectivity index (χ3n) is 2.87. The molecule has 0 fully saturated rings. The number of carbonyl (C=O) groups is 1. The highest BCUT2D eigenvalue weighted by Gasteiger charge is 2.42. The summed E-state index contributed by atoms with van der Waals surface area (Å²) in [6.07, 6.45) is 2.76. The second-order valence-corrected chi connectivity index (χ2v) is 5.77. The number of nitrogens with zero attached hydrogens (tertiary/aromatic N) is 1. The number of nitrogens with two attached hydrogens (primary N) is 1. The molecule has 0 aliphatic heterocycles. The molecule has 106 valence electrons. The van der Waals surface area contributed by atoms with E-state index in [2.05, 4.69) is 10.5 Å². The molecule has 0 unspecified atom stereocenters. The predicted octanol–water partition coefficient (Wildman–Crippen LogP) is 2.23. The van der Waals surface area contributed by atoms with Crippen molar-refractivity contribution in [1.29, 1.82) is 0 Å². The van der Waals surface area contributed by atoms with Gasteiger partial charge in [0.15, 0.2) is 5.84 Å². The van der Waals surface area contributed by atoms with Crippen LogP contribution in [0.15, 0.2) is 5.16 Å². The average Bonchev–Trinajstić information content (AvgIpc) is 2.25. The third-order valence-corrected chi connectivity index (χ3v) is 2.87. The standard InChI is InChI=1S/C13H27N3O2/c1-6-8-13(9-7-2,10(14)16-18)11(17)15-12(3,4)5/h18H,6-9H2,1-5H3,(H2,14,16)(H,15,17). The fraction of sp³-hybridized carbons (Fsp3) is 0.846. The number of nitrogens with one attached hydrogen (secondary N) is 1. The average molecular weight is 257 g/mol. The largest absolute Gasteiger partial charge is 0.409 e. The highest BCUT2D eigenvalue weighted by molar-refractivity contribution is 6.06. The van der Waals surface area contributed by atoms with Gasteiger partial charge in [0.2, 0.25) is 5.91 Å². The molecular formula is C13H27N3O2. The van der Waals surface area contributed by atoms with Crippen molar-refractivity contribution >= 4 is 11.7 Å². The van der Waals surface area contributed by atoms with Crippen LogP contribution in [0.1, 0.15) is 60.3 Å². The quantitative estimate of drug-likeness (QED) is 0.295. The van der Waals surface area contributed by atoms with E-state index < -0.39 is 5.41 Å². The minimum atomic E-state index is -0.897. The van der Waals surface area contributed by atoms with E-state index in [1.165, 1.54) is 0 Å². The van der Waals surface area contributed by atoms with Gasteiger partial charge < -0.3 is 16.3 Å². The zero-order chi connectivity index (χ0) is 14.4. The van der Waals surface area contributed by atoms with Gasteiger partial charge in [-0.3, -0.25) is 4.79 Å². The Hall–Kier alpha value is -1.26. The molecule has 0 heterocycles. The van der Waals surface area contributed by atoms with Crippen LogP contribution in [0.2, 0.25) is 0 Å². The normalized spacial score (nSPS) is 13.5. The molecule has 0 aliphatic carbocycles. The first-order chi connectivity index (χ1) is 8.23. The van der Waals surface area contributed by atoms with E-state index in [-0.39, 0.29) is 17.3 Å². The fourth-order valence-electron chi connectivity index (χ4n) is 2.13. The zero-order valence-electron chi connectivity index (χ0n) is 12.2. The van der Waals surface area contributed by atoms with Crippen molar-refractivity contribution in [3.05, 3.63) is 0 Å². The molecule has 0 rings (SSSR count). The van der Waals surface area contributed by atoms with Crippen molar-refractivity contribution in [3.8, 4) is 0 Å². The zero-order valence-corrected chi connectivity index (χ0v) is 12.2. The van der Waals surface area contributed by atoms with Gasteiger partial charge in [0.05, 0.1) is 0 Å². The van der Waals surface area contributed by atoms with Gasteiger partial charge in [0, 0.05) is 5.54 Å². The summed E-state index contributed by atoms with van der Waals surface area (Å²) in [4.78, 5) is 12.5. The van der Waals surface area contributed by atoms with Crippen LogP contribution < -0.4 is 11.1 Å². The van der Waals surface area contributed by atoms with Gasteiger partial charge >= 0.3 is 0 Å². The summed E-state index contributed by atoms with van der Waals surface area (Å²) in [6, 6.07) is 0. The van der Waals surface area contributed by atoms with Crippen LogP contribution in [-0.2, 0) is 4.79 Å². The second kappa shape index (κ2) is 6.61. The van der Waals surface area contributed by atoms with E-state index in [0.29, 0.717) is 12.8 Å². The van der Waals surface area contributed by atoms with E-state index in [1.54, 1.807) is 0 Å². The Balaban J connectivity index is 5.34. The highest BCUT2D eigenvalue weighted by atomic mass is 16.4. The molecule has 4 N–H and O–H groups in total. The molecule has 18 heavy (non-hydrogen) atoms. The summed E-state index contributed by atoms with van der Waals surface area (Å²) in [5.74, 6) is -0.151. The molecule has 0 saturated heterocycles. The lowest BCUT2D eigenvalue weighted by atomic mass is 9.76. The monoisotopic (exact) mass is 257 g/mol. The fourth-order valence-corrected chi connectivity index (χ4v) is 2.13. The summed E-state index contributed by atoms with van der Waals surface area (Å²) in [5, 5.41) is 15.0. The Kier molecular flexibility index (Phi) is 6.15. The molecule has 0 spiro atoms. The number of oxime groups is 1. The molecule has 5 heteroatoms. The number of rotatable bonds is 6. The summed E-state index contributed by atoms with van der Waals surface area (Å²) in [5.41, 5.74) is 4.55. The smallest absolute Gasteiger partial charge is 0.234 e. The van der Waals surface area contributed by atoms with E-state index in [4.69, 9.17) is 10.9 Å². The molecule has 1 amide bonds. The summed E-state index contributed by atoms with van der Waals surface area (Å²) in [7, 11) is 0. The van der Waals surface area contributed by atoms with Gasteiger partial charge in [-0.15, -0.1) is 0 Å². The molecule has 0 bridgehead atoms. The minimum Gasteiger partial charge on any atom is -0.409 e. The summed E-state index contributed by atoms with van der Waals surface area (Å²) in [6.45, 7) is 9.72. The molecule has 5 nitrogen and oxygen atoms in total. The van der Waals surface area contributed by atoms with E-state index in [1.807, 2.05) is 34.6 Å². The summed E-state index contributed by atoms with van der Waals surface area (Å²) >= 11 is 0. The molecule has 0 radical (unpaired) electrons. The molecular weight excluding hydrogens is 230 g/mol. The number of hydrogen-bond acceptors (Lipinski definition) is 3. The van der Waals surface area contributed by atoms with Crippen LogP contribution >= 0.6 is 0 Å². The lowest BCUT2D eigenvalue weighted by Gasteiger charge is -2.34. The van der Waals surface area contributed by atoms with Gasteiger partial charge in [-0.1, -0.05) is 31.8 Å². The third kappa shape index (κ3) is 4.20. The van der Waals surface area contributed by atoms with E-state index in [0.717, 1.165) is 12.8 Å². The first kappa shape index (κ1) is 16.7. The number of hydrogen-bond donors (Lipinski definition) is 3. The Morgan fingerprint density at radius 3 is 1.94 bits per heavy atom. The predicted molar refractivity (Wildman–Crippen MR) is 73.6 cm³/mol. The molecule has 0 aliphatic rings. The van der Waals surface area contributed by atoms with Crippen molar-refractivity contribution in [2.24, 2.45) is 16.3 Å². The van der Waals surface area contributed by atoms with Gasteiger partial charge in [-0.2, -0.15) is 0 Å². The van der Waals surface area contributed by atoms with Gasteiger partial charge in [0.1, 0.15) is 5.41 Å². The van der Waals surface area contributed by atoms with Crippen molar-refractivity contribution in [1.82, 2.24) is 5.32 Å². The van der Waals surface area contributed by atoms with Crippen LogP contribution in [0.5, 0.6) is 0 Å². The maximum absolute atomic E-state index is 12.5. The number of amides is 1. The first-order valence-electron chi connectivity index (χ1n) is 6.54. The van der Waals surface area contributed by atoms with Crippen molar-refractivity contribution in [3.63, 3.8) is 0 Å². The van der Waals surface area contributed by atoms with Gasteiger partial charge in [-0.05, 0) is 33.6 Å². The van der Waals surface area contributed by atoms with Crippen LogP contribution in [-0.4, -0.2) is 22.5 Å².